The van der Waals surface area contributed by atoms with Crippen LogP contribution >= 0.6 is 0 Å². The summed E-state index contributed by atoms with van der Waals surface area (Å²) < 4.78 is 26.7. The average Bonchev–Trinajstić information content (AvgIpc) is 2.70. The van der Waals surface area contributed by atoms with Crippen LogP contribution in [0.3, 0.4) is 0 Å². The summed E-state index contributed by atoms with van der Waals surface area (Å²) in [6.45, 7) is 2.83. The fourth-order valence-electron chi connectivity index (χ4n) is 4.31. The molecule has 2 aromatic rings. The van der Waals surface area contributed by atoms with Crippen LogP contribution in [-0.2, 0) is 11.2 Å². The second kappa shape index (κ2) is 8.27. The standard InChI is InChI=1S/C22H25F2N3O/c23-20-7-6-19(13-21(20)24)26-10-8-18(9-11-26)27-14-17(25-22(28)15-27)12-16-4-2-1-3-5-16/h1-7,13,17-18H,8-12,14-15H2,(H,25,28)/t17-/m0/s1. The van der Waals surface area contributed by atoms with E-state index in [0.717, 1.165) is 44.6 Å². The number of carbonyl (C=O) groups excluding carboxylic acids is 1. The molecule has 2 aliphatic heterocycles. The molecular formula is C22H25F2N3O. The highest BCUT2D eigenvalue weighted by Gasteiger charge is 2.32. The molecule has 28 heavy (non-hydrogen) atoms. The zero-order valence-electron chi connectivity index (χ0n) is 15.8. The first kappa shape index (κ1) is 18.9. The van der Waals surface area contributed by atoms with Gasteiger partial charge in [-0.1, -0.05) is 30.3 Å². The van der Waals surface area contributed by atoms with Crippen LogP contribution < -0.4 is 10.2 Å². The summed E-state index contributed by atoms with van der Waals surface area (Å²) >= 11 is 0. The van der Waals surface area contributed by atoms with Gasteiger partial charge in [-0.3, -0.25) is 9.69 Å². The number of hydrogen-bond donors (Lipinski definition) is 1. The molecule has 0 aromatic heterocycles. The summed E-state index contributed by atoms with van der Waals surface area (Å²) in [5.41, 5.74) is 1.94. The lowest BCUT2D eigenvalue weighted by Gasteiger charge is -2.42. The Balaban J connectivity index is 1.35. The lowest BCUT2D eigenvalue weighted by atomic mass is 9.98. The lowest BCUT2D eigenvalue weighted by molar-refractivity contribution is -0.126. The second-order valence-corrected chi connectivity index (χ2v) is 7.70. The van der Waals surface area contributed by atoms with E-state index in [2.05, 4.69) is 27.2 Å². The van der Waals surface area contributed by atoms with Crippen molar-refractivity contribution in [2.24, 2.45) is 0 Å². The Bertz CT molecular complexity index is 822. The van der Waals surface area contributed by atoms with Gasteiger partial charge in [-0.15, -0.1) is 0 Å². The van der Waals surface area contributed by atoms with E-state index in [1.807, 2.05) is 18.2 Å². The summed E-state index contributed by atoms with van der Waals surface area (Å²) in [6.07, 6.45) is 2.64. The molecule has 148 valence electrons. The molecule has 1 N–H and O–H groups in total. The maximum atomic E-state index is 13.5. The number of nitrogens with one attached hydrogen (secondary N) is 1. The SMILES string of the molecule is O=C1CN(C2CCN(c3ccc(F)c(F)c3)CC2)C[C@H](Cc2ccccc2)N1. The molecule has 0 aliphatic carbocycles. The predicted octanol–water partition coefficient (Wildman–Crippen LogP) is 2.98. The molecule has 2 heterocycles. The molecule has 0 radical (unpaired) electrons. The molecule has 2 aromatic carbocycles. The Kier molecular flexibility index (Phi) is 5.57. The smallest absolute Gasteiger partial charge is 0.234 e. The summed E-state index contributed by atoms with van der Waals surface area (Å²) in [4.78, 5) is 16.6. The molecule has 4 rings (SSSR count). The minimum absolute atomic E-state index is 0.0789. The molecule has 2 saturated heterocycles. The molecule has 2 fully saturated rings. The van der Waals surface area contributed by atoms with Crippen molar-refractivity contribution in [3.05, 3.63) is 65.7 Å². The van der Waals surface area contributed by atoms with Crippen LogP contribution in [0.1, 0.15) is 18.4 Å². The number of rotatable bonds is 4. The van der Waals surface area contributed by atoms with E-state index in [-0.39, 0.29) is 11.9 Å². The van der Waals surface area contributed by atoms with E-state index in [9.17, 15) is 13.6 Å². The normalized spacial score (nSPS) is 21.6. The van der Waals surface area contributed by atoms with Gasteiger partial charge in [0.15, 0.2) is 11.6 Å². The zero-order chi connectivity index (χ0) is 19.5. The van der Waals surface area contributed by atoms with Crippen molar-refractivity contribution in [1.29, 1.82) is 0 Å². The van der Waals surface area contributed by atoms with Gasteiger partial charge < -0.3 is 10.2 Å². The fraction of sp³-hybridized carbons (Fsp3) is 0.409. The Morgan fingerprint density at radius 3 is 2.46 bits per heavy atom. The molecule has 1 atom stereocenters. The van der Waals surface area contributed by atoms with Gasteiger partial charge >= 0.3 is 0 Å². The van der Waals surface area contributed by atoms with E-state index < -0.39 is 11.6 Å². The highest BCUT2D eigenvalue weighted by atomic mass is 19.2. The van der Waals surface area contributed by atoms with Crippen LogP contribution in [0.25, 0.3) is 0 Å². The Hall–Kier alpha value is -2.47. The molecule has 0 unspecified atom stereocenters. The van der Waals surface area contributed by atoms with Crippen LogP contribution in [0.4, 0.5) is 14.5 Å². The highest BCUT2D eigenvalue weighted by Crippen LogP contribution is 2.25. The van der Waals surface area contributed by atoms with E-state index in [1.165, 1.54) is 17.7 Å². The highest BCUT2D eigenvalue weighted by molar-refractivity contribution is 5.79. The third-order valence-electron chi connectivity index (χ3n) is 5.74. The Morgan fingerprint density at radius 2 is 1.75 bits per heavy atom. The second-order valence-electron chi connectivity index (χ2n) is 7.70. The van der Waals surface area contributed by atoms with Crippen LogP contribution in [0.5, 0.6) is 0 Å². The zero-order valence-corrected chi connectivity index (χ0v) is 15.8. The van der Waals surface area contributed by atoms with Crippen molar-refractivity contribution < 1.29 is 13.6 Å². The van der Waals surface area contributed by atoms with Gasteiger partial charge in [0.2, 0.25) is 5.91 Å². The number of nitrogens with zero attached hydrogens (tertiary/aromatic N) is 2. The lowest BCUT2D eigenvalue weighted by Crippen LogP contribution is -2.59. The summed E-state index contributed by atoms with van der Waals surface area (Å²) in [7, 11) is 0. The number of carbonyl (C=O) groups is 1. The van der Waals surface area contributed by atoms with Crippen molar-refractivity contribution in [2.45, 2.75) is 31.3 Å². The third kappa shape index (κ3) is 4.33. The average molecular weight is 385 g/mol. The van der Waals surface area contributed by atoms with E-state index in [4.69, 9.17) is 0 Å². The summed E-state index contributed by atoms with van der Waals surface area (Å²) in [5, 5.41) is 3.11. The van der Waals surface area contributed by atoms with Gasteiger partial charge in [-0.05, 0) is 37.0 Å². The maximum absolute atomic E-state index is 13.5. The van der Waals surface area contributed by atoms with Gasteiger partial charge in [-0.25, -0.2) is 8.78 Å². The number of benzene rings is 2. The number of piperazine rings is 1. The van der Waals surface area contributed by atoms with Gasteiger partial charge in [0.05, 0.1) is 6.54 Å². The number of anilines is 1. The number of hydrogen-bond acceptors (Lipinski definition) is 3. The summed E-state index contributed by atoms with van der Waals surface area (Å²) in [5.74, 6) is -1.55. The number of halogens is 2. The molecule has 2 aliphatic rings. The van der Waals surface area contributed by atoms with Crippen LogP contribution in [0.15, 0.2) is 48.5 Å². The van der Waals surface area contributed by atoms with E-state index >= 15 is 0 Å². The fourth-order valence-corrected chi connectivity index (χ4v) is 4.31. The van der Waals surface area contributed by atoms with Crippen LogP contribution in [0, 0.1) is 11.6 Å². The molecule has 4 nitrogen and oxygen atoms in total. The van der Waals surface area contributed by atoms with Crippen LogP contribution in [-0.4, -0.2) is 49.1 Å². The molecule has 0 spiro atoms. The van der Waals surface area contributed by atoms with E-state index in [0.29, 0.717) is 12.6 Å². The maximum Gasteiger partial charge on any atom is 0.234 e. The first-order valence-electron chi connectivity index (χ1n) is 9.86. The van der Waals surface area contributed by atoms with Crippen molar-refractivity contribution in [3.8, 4) is 0 Å². The molecular weight excluding hydrogens is 360 g/mol. The molecule has 0 bridgehead atoms. The Labute approximate surface area is 164 Å². The van der Waals surface area contributed by atoms with Crippen molar-refractivity contribution in [2.75, 3.05) is 31.1 Å². The van der Waals surface area contributed by atoms with Crippen molar-refractivity contribution in [1.82, 2.24) is 10.2 Å². The molecule has 6 heteroatoms. The number of amides is 1. The minimum Gasteiger partial charge on any atom is -0.371 e. The predicted molar refractivity (Wildman–Crippen MR) is 105 cm³/mol. The molecule has 0 saturated carbocycles. The van der Waals surface area contributed by atoms with Gasteiger partial charge in [0.25, 0.3) is 0 Å². The first-order chi connectivity index (χ1) is 13.6. The van der Waals surface area contributed by atoms with Crippen molar-refractivity contribution >= 4 is 11.6 Å². The van der Waals surface area contributed by atoms with Crippen LogP contribution in [0.2, 0.25) is 0 Å². The largest absolute Gasteiger partial charge is 0.371 e. The minimum atomic E-state index is -0.817. The van der Waals surface area contributed by atoms with Crippen molar-refractivity contribution in [3.63, 3.8) is 0 Å². The number of piperidine rings is 1. The Morgan fingerprint density at radius 1 is 1.00 bits per heavy atom. The monoisotopic (exact) mass is 385 g/mol. The first-order valence-corrected chi connectivity index (χ1v) is 9.86. The van der Waals surface area contributed by atoms with E-state index in [1.54, 1.807) is 6.07 Å². The van der Waals surface area contributed by atoms with Gasteiger partial charge in [-0.2, -0.15) is 0 Å². The topological polar surface area (TPSA) is 35.6 Å². The van der Waals surface area contributed by atoms with Gasteiger partial charge in [0, 0.05) is 43.5 Å². The molecule has 1 amide bonds. The van der Waals surface area contributed by atoms with Gasteiger partial charge in [0.1, 0.15) is 0 Å². The summed E-state index contributed by atoms with van der Waals surface area (Å²) in [6, 6.07) is 14.7. The third-order valence-corrected chi connectivity index (χ3v) is 5.74. The quantitative estimate of drug-likeness (QED) is 0.879.